The van der Waals surface area contributed by atoms with Gasteiger partial charge in [-0.2, -0.15) is 0 Å². The standard InChI is InChI=1S/C13H15NO2/c1-2-3-7-10-14-13(15)16-11-12-8-5-4-6-9-12/h3-6,8-9H,1,7,10-11H2,(H,14,15). The van der Waals surface area contributed by atoms with Crippen LogP contribution in [-0.2, 0) is 11.3 Å². The molecule has 0 atom stereocenters. The van der Waals surface area contributed by atoms with Crippen molar-refractivity contribution in [1.82, 2.24) is 5.32 Å². The molecule has 84 valence electrons. The molecule has 0 saturated heterocycles. The molecule has 0 radical (unpaired) electrons. The minimum Gasteiger partial charge on any atom is -0.445 e. The molecule has 3 nitrogen and oxygen atoms in total. The van der Waals surface area contributed by atoms with Gasteiger partial charge in [-0.25, -0.2) is 4.79 Å². The summed E-state index contributed by atoms with van der Waals surface area (Å²) in [5.74, 6) is 0. The number of hydrogen-bond donors (Lipinski definition) is 1. The number of alkyl carbamates (subject to hydrolysis) is 1. The maximum Gasteiger partial charge on any atom is 0.407 e. The summed E-state index contributed by atoms with van der Waals surface area (Å²) in [6.45, 7) is 4.26. The summed E-state index contributed by atoms with van der Waals surface area (Å²) in [4.78, 5) is 11.2. The van der Waals surface area contributed by atoms with Crippen molar-refractivity contribution in [1.29, 1.82) is 0 Å². The van der Waals surface area contributed by atoms with Gasteiger partial charge in [-0.15, -0.1) is 5.73 Å². The molecule has 0 aromatic heterocycles. The third-order valence-corrected chi connectivity index (χ3v) is 1.92. The van der Waals surface area contributed by atoms with Gasteiger partial charge in [-0.05, 0) is 18.1 Å². The normalized spacial score (nSPS) is 9.00. The second-order valence-corrected chi connectivity index (χ2v) is 3.19. The topological polar surface area (TPSA) is 38.3 Å². The molecule has 0 spiro atoms. The molecule has 0 aliphatic rings. The largest absolute Gasteiger partial charge is 0.445 e. The van der Waals surface area contributed by atoms with E-state index >= 15 is 0 Å². The molecule has 1 N–H and O–H groups in total. The molecule has 1 rings (SSSR count). The molecular weight excluding hydrogens is 202 g/mol. The van der Waals surface area contributed by atoms with Crippen LogP contribution in [0, 0.1) is 0 Å². The Bertz CT molecular complexity index is 367. The third-order valence-electron chi connectivity index (χ3n) is 1.92. The van der Waals surface area contributed by atoms with Gasteiger partial charge in [0.2, 0.25) is 0 Å². The monoisotopic (exact) mass is 217 g/mol. The average molecular weight is 217 g/mol. The minimum absolute atomic E-state index is 0.296. The highest BCUT2D eigenvalue weighted by molar-refractivity contribution is 5.67. The number of benzene rings is 1. The van der Waals surface area contributed by atoms with Gasteiger partial charge in [0.15, 0.2) is 0 Å². The van der Waals surface area contributed by atoms with Crippen LogP contribution < -0.4 is 5.32 Å². The number of ether oxygens (including phenoxy) is 1. The molecule has 1 aromatic rings. The van der Waals surface area contributed by atoms with E-state index in [1.165, 1.54) is 0 Å². The summed E-state index contributed by atoms with van der Waals surface area (Å²) < 4.78 is 5.01. The SMILES string of the molecule is C=C=CCCNC(=O)OCc1ccccc1. The lowest BCUT2D eigenvalue weighted by molar-refractivity contribution is 0.140. The molecular formula is C13H15NO2. The first-order valence-electron chi connectivity index (χ1n) is 5.12. The van der Waals surface area contributed by atoms with Crippen LogP contribution in [0.25, 0.3) is 0 Å². The summed E-state index contributed by atoms with van der Waals surface area (Å²) in [5, 5.41) is 2.63. The second kappa shape index (κ2) is 7.32. The van der Waals surface area contributed by atoms with Gasteiger partial charge < -0.3 is 10.1 Å². The number of nitrogens with one attached hydrogen (secondary N) is 1. The average Bonchev–Trinajstić information content (AvgIpc) is 2.33. The van der Waals surface area contributed by atoms with Crippen molar-refractivity contribution < 1.29 is 9.53 Å². The van der Waals surface area contributed by atoms with E-state index in [0.717, 1.165) is 5.56 Å². The number of carbonyl (C=O) groups excluding carboxylic acids is 1. The van der Waals surface area contributed by atoms with Crippen molar-refractivity contribution in [3.05, 3.63) is 54.3 Å². The van der Waals surface area contributed by atoms with E-state index in [2.05, 4.69) is 17.6 Å². The lowest BCUT2D eigenvalue weighted by Crippen LogP contribution is -2.24. The zero-order valence-electron chi connectivity index (χ0n) is 9.11. The zero-order valence-corrected chi connectivity index (χ0v) is 9.11. The van der Waals surface area contributed by atoms with Gasteiger partial charge in [-0.1, -0.05) is 36.9 Å². The Morgan fingerprint density at radius 1 is 1.44 bits per heavy atom. The highest BCUT2D eigenvalue weighted by Crippen LogP contribution is 2.00. The zero-order chi connectivity index (χ0) is 11.6. The summed E-state index contributed by atoms with van der Waals surface area (Å²) in [6, 6.07) is 9.56. The summed E-state index contributed by atoms with van der Waals surface area (Å²) in [5.41, 5.74) is 3.61. The van der Waals surface area contributed by atoms with Crippen LogP contribution in [0.4, 0.5) is 4.79 Å². The van der Waals surface area contributed by atoms with Crippen LogP contribution in [0.2, 0.25) is 0 Å². The predicted molar refractivity (Wildman–Crippen MR) is 63.0 cm³/mol. The fourth-order valence-electron chi connectivity index (χ4n) is 1.12. The van der Waals surface area contributed by atoms with E-state index in [4.69, 9.17) is 4.74 Å². The minimum atomic E-state index is -0.402. The first-order valence-corrected chi connectivity index (χ1v) is 5.12. The van der Waals surface area contributed by atoms with E-state index in [0.29, 0.717) is 19.6 Å². The van der Waals surface area contributed by atoms with Crippen molar-refractivity contribution >= 4 is 6.09 Å². The second-order valence-electron chi connectivity index (χ2n) is 3.19. The summed E-state index contributed by atoms with van der Waals surface area (Å²) in [6.07, 6.45) is 2.07. The predicted octanol–water partition coefficient (Wildman–Crippen LogP) is 2.64. The van der Waals surface area contributed by atoms with E-state index in [-0.39, 0.29) is 0 Å². The van der Waals surface area contributed by atoms with E-state index in [1.54, 1.807) is 6.08 Å². The molecule has 1 amide bonds. The van der Waals surface area contributed by atoms with Crippen molar-refractivity contribution in [2.24, 2.45) is 0 Å². The maximum atomic E-state index is 11.2. The van der Waals surface area contributed by atoms with E-state index in [1.807, 2.05) is 30.3 Å². The number of hydrogen-bond acceptors (Lipinski definition) is 2. The Morgan fingerprint density at radius 2 is 2.19 bits per heavy atom. The number of carbonyl (C=O) groups is 1. The molecule has 0 saturated carbocycles. The number of rotatable bonds is 5. The van der Waals surface area contributed by atoms with Crippen molar-refractivity contribution in [2.75, 3.05) is 6.54 Å². The van der Waals surface area contributed by atoms with Gasteiger partial charge in [-0.3, -0.25) is 0 Å². The third kappa shape index (κ3) is 5.03. The molecule has 1 aromatic carbocycles. The smallest absolute Gasteiger partial charge is 0.407 e. The molecule has 0 aliphatic carbocycles. The van der Waals surface area contributed by atoms with Gasteiger partial charge in [0, 0.05) is 6.54 Å². The Balaban J connectivity index is 2.18. The maximum absolute atomic E-state index is 11.2. The Kier molecular flexibility index (Phi) is 5.53. The summed E-state index contributed by atoms with van der Waals surface area (Å²) >= 11 is 0. The van der Waals surface area contributed by atoms with Crippen LogP contribution in [0.3, 0.4) is 0 Å². The highest BCUT2D eigenvalue weighted by Gasteiger charge is 2.00. The Labute approximate surface area is 95.4 Å². The van der Waals surface area contributed by atoms with Gasteiger partial charge >= 0.3 is 6.09 Å². The van der Waals surface area contributed by atoms with Crippen LogP contribution >= 0.6 is 0 Å². The fraction of sp³-hybridized carbons (Fsp3) is 0.231. The van der Waals surface area contributed by atoms with Gasteiger partial charge in [0.05, 0.1) is 0 Å². The molecule has 0 heterocycles. The molecule has 0 unspecified atom stereocenters. The van der Waals surface area contributed by atoms with Gasteiger partial charge in [0.1, 0.15) is 6.61 Å². The Hall–Kier alpha value is -1.99. The molecule has 0 aliphatic heterocycles. The van der Waals surface area contributed by atoms with E-state index < -0.39 is 6.09 Å². The molecule has 3 heteroatoms. The van der Waals surface area contributed by atoms with E-state index in [9.17, 15) is 4.79 Å². The lowest BCUT2D eigenvalue weighted by Gasteiger charge is -2.05. The summed E-state index contributed by atoms with van der Waals surface area (Å²) in [7, 11) is 0. The first-order chi connectivity index (χ1) is 7.83. The van der Waals surface area contributed by atoms with Crippen molar-refractivity contribution in [3.63, 3.8) is 0 Å². The van der Waals surface area contributed by atoms with Crippen LogP contribution in [-0.4, -0.2) is 12.6 Å². The van der Waals surface area contributed by atoms with Gasteiger partial charge in [0.25, 0.3) is 0 Å². The Morgan fingerprint density at radius 3 is 2.88 bits per heavy atom. The fourth-order valence-corrected chi connectivity index (χ4v) is 1.12. The van der Waals surface area contributed by atoms with Crippen molar-refractivity contribution in [2.45, 2.75) is 13.0 Å². The first kappa shape index (κ1) is 12.1. The molecule has 16 heavy (non-hydrogen) atoms. The quantitative estimate of drug-likeness (QED) is 0.608. The lowest BCUT2D eigenvalue weighted by atomic mass is 10.2. The molecule has 0 bridgehead atoms. The number of amides is 1. The van der Waals surface area contributed by atoms with Crippen molar-refractivity contribution in [3.8, 4) is 0 Å². The van der Waals surface area contributed by atoms with Crippen LogP contribution in [0.15, 0.2) is 48.7 Å². The highest BCUT2D eigenvalue weighted by atomic mass is 16.5. The molecule has 0 fully saturated rings. The van der Waals surface area contributed by atoms with Crippen LogP contribution in [0.5, 0.6) is 0 Å². The van der Waals surface area contributed by atoms with Crippen LogP contribution in [0.1, 0.15) is 12.0 Å².